The molecular formula is C20H18Cl2NNaO6. The first-order valence-corrected chi connectivity index (χ1v) is 8.68. The van der Waals surface area contributed by atoms with Crippen LogP contribution in [0.5, 0.6) is 17.2 Å². The van der Waals surface area contributed by atoms with Crippen LogP contribution < -0.4 is 40.0 Å². The van der Waals surface area contributed by atoms with Gasteiger partial charge in [-0.2, -0.15) is 0 Å². The number of halogens is 2. The van der Waals surface area contributed by atoms with E-state index in [0.717, 1.165) is 23.8 Å². The summed E-state index contributed by atoms with van der Waals surface area (Å²) in [6.45, 7) is 1.84. The topological polar surface area (TPSA) is 144 Å². The number of anilines is 2. The number of aryl methyl sites for hydroxylation is 1. The van der Waals surface area contributed by atoms with Crippen molar-refractivity contribution >= 4 is 40.5 Å². The Hall–Kier alpha value is -2.13. The number of hydrogen-bond donors (Lipinski definition) is 4. The van der Waals surface area contributed by atoms with Gasteiger partial charge in [0.15, 0.2) is 0 Å². The Labute approximate surface area is 205 Å². The normalized spacial score (nSPS) is 9.30. The van der Waals surface area contributed by atoms with E-state index >= 15 is 0 Å². The standard InChI is InChI=1S/C14H11Cl2NO2.C6H6O3.Na.H2O/c1-8-6-7-10(15)13(12(8)16)17-11-5-3-2-4-9(11)14(18)19;7-4-1-5(8)3-6(9)2-4;;/h2-7,17H,1H3,(H,18,19);1-3,7-9H;;1H2/q;;+1;/p-1. The number of nitrogens with one attached hydrogen (secondary N) is 1. The zero-order valence-corrected chi connectivity index (χ0v) is 19.6. The second-order valence-electron chi connectivity index (χ2n) is 5.72. The number of para-hydroxylation sites is 1. The average Bonchev–Trinajstić information content (AvgIpc) is 2.61. The molecule has 0 radical (unpaired) electrons. The molecule has 3 aromatic rings. The third kappa shape index (κ3) is 7.60. The maximum absolute atomic E-state index is 11.0. The largest absolute Gasteiger partial charge is 1.00 e. The predicted molar refractivity (Wildman–Crippen MR) is 110 cm³/mol. The van der Waals surface area contributed by atoms with Crippen LogP contribution in [0.3, 0.4) is 0 Å². The minimum atomic E-state index is -1.26. The summed E-state index contributed by atoms with van der Waals surface area (Å²) >= 11 is 12.2. The maximum atomic E-state index is 11.0. The van der Waals surface area contributed by atoms with Crippen molar-refractivity contribution in [2.45, 2.75) is 6.92 Å². The van der Waals surface area contributed by atoms with Gasteiger partial charge in [0.1, 0.15) is 17.2 Å². The fourth-order valence-electron chi connectivity index (χ4n) is 2.26. The molecule has 0 heterocycles. The number of rotatable bonds is 3. The van der Waals surface area contributed by atoms with Gasteiger partial charge in [0.05, 0.1) is 21.7 Å². The van der Waals surface area contributed by atoms with Crippen molar-refractivity contribution in [2.24, 2.45) is 0 Å². The molecule has 7 nitrogen and oxygen atoms in total. The Balaban J connectivity index is 0.000000652. The van der Waals surface area contributed by atoms with Gasteiger partial charge >= 0.3 is 29.6 Å². The fourth-order valence-corrected chi connectivity index (χ4v) is 2.72. The van der Waals surface area contributed by atoms with Crippen molar-refractivity contribution in [3.05, 3.63) is 75.8 Å². The van der Waals surface area contributed by atoms with E-state index in [-0.39, 0.29) is 57.8 Å². The first-order valence-electron chi connectivity index (χ1n) is 7.93. The minimum absolute atomic E-state index is 0. The van der Waals surface area contributed by atoms with Crippen LogP contribution in [0.2, 0.25) is 10.0 Å². The van der Waals surface area contributed by atoms with Crippen LogP contribution in [-0.4, -0.2) is 26.8 Å². The molecule has 0 unspecified atom stereocenters. The Kier molecular flexibility index (Phi) is 11.6. The van der Waals surface area contributed by atoms with Crippen molar-refractivity contribution in [1.29, 1.82) is 0 Å². The van der Waals surface area contributed by atoms with Gasteiger partial charge in [-0.25, -0.2) is 0 Å². The van der Waals surface area contributed by atoms with Crippen molar-refractivity contribution < 1.29 is 60.3 Å². The van der Waals surface area contributed by atoms with Crippen LogP contribution in [0.1, 0.15) is 15.9 Å². The van der Waals surface area contributed by atoms with E-state index in [1.165, 1.54) is 6.07 Å². The molecule has 30 heavy (non-hydrogen) atoms. The zero-order valence-electron chi connectivity index (χ0n) is 16.1. The van der Waals surface area contributed by atoms with Crippen molar-refractivity contribution in [1.82, 2.24) is 0 Å². The molecule has 0 atom stereocenters. The molecule has 3 aromatic carbocycles. The molecule has 154 valence electrons. The number of phenolic OH excluding ortho intramolecular Hbond substituents is 3. The van der Waals surface area contributed by atoms with Gasteiger partial charge in [0, 0.05) is 29.4 Å². The van der Waals surface area contributed by atoms with Crippen LogP contribution in [-0.2, 0) is 0 Å². The van der Waals surface area contributed by atoms with Crippen LogP contribution >= 0.6 is 23.2 Å². The number of aromatic carboxylic acids is 1. The molecule has 0 saturated carbocycles. The molecule has 10 heteroatoms. The Bertz CT molecular complexity index is 966. The number of carbonyl (C=O) groups is 1. The first-order chi connectivity index (χ1) is 13.2. The molecule has 0 saturated heterocycles. The molecule has 0 aliphatic carbocycles. The number of carboxylic acid groups (broad SMARTS) is 1. The Morgan fingerprint density at radius 1 is 0.933 bits per heavy atom. The average molecular weight is 462 g/mol. The predicted octanol–water partition coefficient (Wildman–Crippen LogP) is 0.392. The number of aromatic hydroxyl groups is 3. The van der Waals surface area contributed by atoms with Gasteiger partial charge in [0.2, 0.25) is 0 Å². The second kappa shape index (κ2) is 12.5. The van der Waals surface area contributed by atoms with Crippen LogP contribution in [0.25, 0.3) is 0 Å². The number of hydrogen-bond acceptors (Lipinski definition) is 6. The summed E-state index contributed by atoms with van der Waals surface area (Å²) in [5, 5.41) is 40.9. The Morgan fingerprint density at radius 3 is 1.93 bits per heavy atom. The quantitative estimate of drug-likeness (QED) is 0.415. The smallest absolute Gasteiger partial charge is 0.545 e. The number of carbonyl (C=O) groups excluding carboxylic acids is 1. The molecule has 6 N–H and O–H groups in total. The molecule has 0 aromatic heterocycles. The maximum Gasteiger partial charge on any atom is 1.00 e. The number of benzene rings is 3. The summed E-state index contributed by atoms with van der Waals surface area (Å²) in [5.74, 6) is -1.70. The van der Waals surface area contributed by atoms with Gasteiger partial charge in [-0.3, -0.25) is 0 Å². The van der Waals surface area contributed by atoms with Gasteiger partial charge in [0.25, 0.3) is 0 Å². The fraction of sp³-hybridized carbons (Fsp3) is 0.0500. The number of carboxylic acids is 1. The molecular weight excluding hydrogens is 444 g/mol. The summed E-state index contributed by atoms with van der Waals surface area (Å²) in [6.07, 6.45) is 0. The molecule has 0 amide bonds. The third-order valence-corrected chi connectivity index (χ3v) is 4.38. The van der Waals surface area contributed by atoms with E-state index in [1.807, 2.05) is 6.92 Å². The molecule has 3 rings (SSSR count). The van der Waals surface area contributed by atoms with Gasteiger partial charge in [-0.05, 0) is 24.6 Å². The first kappa shape index (κ1) is 27.9. The monoisotopic (exact) mass is 461 g/mol. The van der Waals surface area contributed by atoms with Gasteiger partial charge < -0.3 is 36.0 Å². The van der Waals surface area contributed by atoms with E-state index in [2.05, 4.69) is 5.32 Å². The van der Waals surface area contributed by atoms with Crippen LogP contribution in [0, 0.1) is 6.92 Å². The molecule has 0 aliphatic rings. The zero-order chi connectivity index (χ0) is 20.8. The molecule has 0 bridgehead atoms. The summed E-state index contributed by atoms with van der Waals surface area (Å²) in [4.78, 5) is 11.0. The summed E-state index contributed by atoms with van der Waals surface area (Å²) in [7, 11) is 0. The molecule has 0 aliphatic heterocycles. The summed E-state index contributed by atoms with van der Waals surface area (Å²) in [5.41, 5.74) is 1.77. The molecule has 0 fully saturated rings. The van der Waals surface area contributed by atoms with E-state index in [1.54, 1.807) is 30.3 Å². The van der Waals surface area contributed by atoms with Crippen LogP contribution in [0.15, 0.2) is 54.6 Å². The van der Waals surface area contributed by atoms with E-state index < -0.39 is 5.97 Å². The van der Waals surface area contributed by atoms with Gasteiger partial charge in [-0.1, -0.05) is 47.5 Å². The van der Waals surface area contributed by atoms with E-state index in [9.17, 15) is 9.90 Å². The summed E-state index contributed by atoms with van der Waals surface area (Å²) in [6, 6.07) is 13.3. The second-order valence-corrected chi connectivity index (χ2v) is 6.50. The third-order valence-electron chi connectivity index (χ3n) is 3.58. The van der Waals surface area contributed by atoms with E-state index in [0.29, 0.717) is 21.4 Å². The minimum Gasteiger partial charge on any atom is -0.545 e. The van der Waals surface area contributed by atoms with E-state index in [4.69, 9.17) is 38.5 Å². The van der Waals surface area contributed by atoms with Gasteiger partial charge in [-0.15, -0.1) is 0 Å². The van der Waals surface area contributed by atoms with Crippen LogP contribution in [0.4, 0.5) is 11.4 Å². The van der Waals surface area contributed by atoms with Crippen molar-refractivity contribution in [3.63, 3.8) is 0 Å². The summed E-state index contributed by atoms with van der Waals surface area (Å²) < 4.78 is 0. The van der Waals surface area contributed by atoms with Crippen molar-refractivity contribution in [2.75, 3.05) is 5.32 Å². The Morgan fingerprint density at radius 2 is 1.43 bits per heavy atom. The molecule has 0 spiro atoms. The SMILES string of the molecule is Cc1ccc(Cl)c(Nc2ccccc2C(=O)[O-])c1Cl.O.Oc1cc(O)cc(O)c1.[Na+]. The van der Waals surface area contributed by atoms with Crippen molar-refractivity contribution in [3.8, 4) is 17.2 Å². The number of phenols is 3.